The highest BCUT2D eigenvalue weighted by atomic mass is 32.2. The van der Waals surface area contributed by atoms with Gasteiger partial charge in [-0.25, -0.2) is 0 Å². The molecule has 0 spiro atoms. The highest BCUT2D eigenvalue weighted by Crippen LogP contribution is 2.37. The molecule has 0 saturated carbocycles. The third-order valence-electron chi connectivity index (χ3n) is 6.57. The lowest BCUT2D eigenvalue weighted by molar-refractivity contribution is -0.122. The van der Waals surface area contributed by atoms with E-state index >= 15 is 0 Å². The quantitative estimate of drug-likeness (QED) is 0.379. The molecule has 8 heteroatoms. The lowest BCUT2D eigenvalue weighted by atomic mass is 10.0. The second-order valence-corrected chi connectivity index (χ2v) is 10.6. The second-order valence-electron chi connectivity index (χ2n) is 8.96. The Morgan fingerprint density at radius 2 is 1.86 bits per heavy atom. The van der Waals surface area contributed by atoms with Gasteiger partial charge in [0, 0.05) is 25.2 Å². The lowest BCUT2D eigenvalue weighted by Crippen LogP contribution is -2.37. The predicted molar refractivity (Wildman–Crippen MR) is 146 cm³/mol. The summed E-state index contributed by atoms with van der Waals surface area (Å²) in [6.45, 7) is 6.57. The molecule has 0 N–H and O–H groups in total. The molecule has 3 heterocycles. The van der Waals surface area contributed by atoms with Crippen molar-refractivity contribution in [3.05, 3.63) is 67.8 Å². The van der Waals surface area contributed by atoms with Crippen molar-refractivity contribution < 1.29 is 4.79 Å². The maximum absolute atomic E-state index is 13.4. The average molecular weight is 507 g/mol. The van der Waals surface area contributed by atoms with Crippen molar-refractivity contribution >= 4 is 46.1 Å². The Bertz CT molecular complexity index is 1250. The molecule has 0 atom stereocenters. The molecule has 1 aromatic carbocycles. The van der Waals surface area contributed by atoms with Gasteiger partial charge in [-0.2, -0.15) is 5.26 Å². The van der Waals surface area contributed by atoms with E-state index in [1.165, 1.54) is 18.2 Å². The molecule has 35 heavy (non-hydrogen) atoms. The molecule has 2 aliphatic rings. The topological polar surface area (TPSA) is 69.3 Å². The summed E-state index contributed by atoms with van der Waals surface area (Å²) in [5, 5.41) is 9.84. The van der Waals surface area contributed by atoms with Crippen molar-refractivity contribution in [3.63, 3.8) is 0 Å². The highest BCUT2D eigenvalue weighted by molar-refractivity contribution is 8.26. The van der Waals surface area contributed by atoms with Crippen LogP contribution in [0.3, 0.4) is 0 Å². The summed E-state index contributed by atoms with van der Waals surface area (Å²) in [6, 6.07) is 11.9. The minimum Gasteiger partial charge on any atom is -0.357 e. The van der Waals surface area contributed by atoms with Gasteiger partial charge in [-0.1, -0.05) is 67.7 Å². The number of pyridine rings is 1. The van der Waals surface area contributed by atoms with E-state index < -0.39 is 0 Å². The van der Waals surface area contributed by atoms with Crippen LogP contribution in [-0.2, 0) is 17.9 Å². The number of nitriles is 1. The summed E-state index contributed by atoms with van der Waals surface area (Å²) >= 11 is 6.84. The molecular formula is C27H30N4O2S2. The van der Waals surface area contributed by atoms with Gasteiger partial charge in [0.05, 0.1) is 11.4 Å². The molecule has 2 aromatic rings. The fraction of sp³-hybridized carbons (Fsp3) is 0.407. The molecule has 0 aliphatic carbocycles. The van der Waals surface area contributed by atoms with E-state index in [1.54, 1.807) is 9.47 Å². The number of benzene rings is 1. The van der Waals surface area contributed by atoms with Crippen LogP contribution in [0.2, 0.25) is 0 Å². The monoisotopic (exact) mass is 506 g/mol. The molecule has 182 valence electrons. The van der Waals surface area contributed by atoms with E-state index in [2.05, 4.69) is 17.9 Å². The van der Waals surface area contributed by atoms with Crippen LogP contribution in [0, 0.1) is 18.3 Å². The molecule has 0 bridgehead atoms. The van der Waals surface area contributed by atoms with Gasteiger partial charge in [-0.05, 0) is 49.8 Å². The van der Waals surface area contributed by atoms with Gasteiger partial charge < -0.3 is 4.90 Å². The molecule has 1 aromatic heterocycles. The van der Waals surface area contributed by atoms with Crippen molar-refractivity contribution in [2.75, 3.05) is 18.0 Å². The van der Waals surface area contributed by atoms with Crippen LogP contribution < -0.4 is 10.5 Å². The van der Waals surface area contributed by atoms with Crippen LogP contribution in [0.15, 0.2) is 40.0 Å². The Balaban J connectivity index is 1.82. The van der Waals surface area contributed by atoms with E-state index in [-0.39, 0.29) is 17.0 Å². The first-order valence-electron chi connectivity index (χ1n) is 12.2. The third kappa shape index (κ3) is 5.21. The molecule has 1 amide bonds. The minimum atomic E-state index is -0.243. The van der Waals surface area contributed by atoms with Crippen LogP contribution in [0.25, 0.3) is 6.08 Å². The smallest absolute Gasteiger partial charge is 0.270 e. The van der Waals surface area contributed by atoms with Gasteiger partial charge >= 0.3 is 0 Å². The van der Waals surface area contributed by atoms with Crippen molar-refractivity contribution in [2.45, 2.75) is 59.0 Å². The summed E-state index contributed by atoms with van der Waals surface area (Å²) in [5.74, 6) is 0.686. The van der Waals surface area contributed by atoms with Crippen molar-refractivity contribution in [3.8, 4) is 6.07 Å². The first-order valence-corrected chi connectivity index (χ1v) is 13.4. The van der Waals surface area contributed by atoms with E-state index in [9.17, 15) is 14.9 Å². The molecule has 0 unspecified atom stereocenters. The predicted octanol–water partition coefficient (Wildman–Crippen LogP) is 5.22. The molecule has 2 fully saturated rings. The summed E-state index contributed by atoms with van der Waals surface area (Å²) < 4.78 is 2.28. The number of anilines is 1. The van der Waals surface area contributed by atoms with Crippen LogP contribution in [0.1, 0.15) is 61.3 Å². The largest absolute Gasteiger partial charge is 0.357 e. The van der Waals surface area contributed by atoms with Gasteiger partial charge in [0.2, 0.25) is 0 Å². The molecule has 2 saturated heterocycles. The fourth-order valence-corrected chi connectivity index (χ4v) is 5.88. The Morgan fingerprint density at radius 3 is 2.51 bits per heavy atom. The van der Waals surface area contributed by atoms with Crippen LogP contribution in [0.5, 0.6) is 0 Å². The van der Waals surface area contributed by atoms with E-state index in [0.29, 0.717) is 27.9 Å². The van der Waals surface area contributed by atoms with E-state index in [0.717, 1.165) is 55.7 Å². The number of thioether (sulfide) groups is 1. The molecule has 2 aliphatic heterocycles. The summed E-state index contributed by atoms with van der Waals surface area (Å²) in [5.41, 5.74) is 2.31. The first-order chi connectivity index (χ1) is 17.0. The van der Waals surface area contributed by atoms with Gasteiger partial charge in [0.25, 0.3) is 11.5 Å². The molecular weight excluding hydrogens is 476 g/mol. The second kappa shape index (κ2) is 11.2. The summed E-state index contributed by atoms with van der Waals surface area (Å²) in [6.07, 6.45) is 6.91. The Morgan fingerprint density at radius 1 is 1.14 bits per heavy atom. The number of hydrogen-bond donors (Lipinski definition) is 0. The summed E-state index contributed by atoms with van der Waals surface area (Å²) in [7, 11) is 0. The SMILES string of the molecule is CCCCn1c(N2CCCCC2)c(/C=C2/SC(=S)N(Cc3ccccc3)C2=O)c(C)c(C#N)c1=O. The maximum Gasteiger partial charge on any atom is 0.270 e. The number of rotatable bonds is 7. The number of piperidine rings is 1. The minimum absolute atomic E-state index is 0.141. The van der Waals surface area contributed by atoms with Crippen molar-refractivity contribution in [1.29, 1.82) is 5.26 Å². The summed E-state index contributed by atoms with van der Waals surface area (Å²) in [4.78, 5) is 31.1. The average Bonchev–Trinajstić information content (AvgIpc) is 3.13. The van der Waals surface area contributed by atoms with Crippen LogP contribution in [0.4, 0.5) is 5.82 Å². The molecule has 4 rings (SSSR count). The Hall–Kier alpha value is -2.89. The van der Waals surface area contributed by atoms with E-state index in [1.807, 2.05) is 43.3 Å². The number of aromatic nitrogens is 1. The number of carbonyl (C=O) groups is 1. The van der Waals surface area contributed by atoms with Gasteiger partial charge in [-0.15, -0.1) is 0 Å². The van der Waals surface area contributed by atoms with Gasteiger partial charge in [0.15, 0.2) is 0 Å². The maximum atomic E-state index is 13.4. The van der Waals surface area contributed by atoms with Gasteiger partial charge in [-0.3, -0.25) is 19.1 Å². The number of carbonyl (C=O) groups excluding carboxylic acids is 1. The number of unbranched alkanes of at least 4 members (excludes halogenated alkanes) is 1. The number of thiocarbonyl (C=S) groups is 1. The number of nitrogens with zero attached hydrogens (tertiary/aromatic N) is 4. The normalized spacial score (nSPS) is 17.3. The lowest BCUT2D eigenvalue weighted by Gasteiger charge is -2.33. The zero-order valence-electron chi connectivity index (χ0n) is 20.2. The number of hydrogen-bond acceptors (Lipinski definition) is 6. The molecule has 6 nitrogen and oxygen atoms in total. The Kier molecular flexibility index (Phi) is 8.09. The zero-order valence-corrected chi connectivity index (χ0v) is 21.9. The van der Waals surface area contributed by atoms with Gasteiger partial charge in [0.1, 0.15) is 21.8 Å². The number of amides is 1. The highest BCUT2D eigenvalue weighted by Gasteiger charge is 2.33. The first kappa shape index (κ1) is 25.2. The fourth-order valence-electron chi connectivity index (χ4n) is 4.65. The third-order valence-corrected chi connectivity index (χ3v) is 7.95. The Labute approximate surface area is 216 Å². The van der Waals surface area contributed by atoms with Crippen molar-refractivity contribution in [2.24, 2.45) is 0 Å². The van der Waals surface area contributed by atoms with Crippen LogP contribution >= 0.6 is 24.0 Å². The zero-order chi connectivity index (χ0) is 24.9. The molecule has 0 radical (unpaired) electrons. The van der Waals surface area contributed by atoms with Crippen LogP contribution in [-0.4, -0.2) is 32.8 Å². The van der Waals surface area contributed by atoms with Crippen molar-refractivity contribution in [1.82, 2.24) is 9.47 Å². The standard InChI is InChI=1S/C27H30N4O2S2/c1-3-4-15-30-24(29-13-9-6-10-14-29)21(19(2)22(17-28)25(30)32)16-23-26(33)31(27(34)35-23)18-20-11-7-5-8-12-20/h5,7-8,11-12,16H,3-4,6,9-10,13-15,18H2,1-2H3/b23-16+. The van der Waals surface area contributed by atoms with E-state index in [4.69, 9.17) is 12.2 Å².